The second-order valence-electron chi connectivity index (χ2n) is 8.07. The molecule has 1 amide bonds. The zero-order valence-electron chi connectivity index (χ0n) is 18.8. The number of rotatable bonds is 2. The molecule has 0 saturated carbocycles. The highest BCUT2D eigenvalue weighted by molar-refractivity contribution is 14.1. The van der Waals surface area contributed by atoms with Crippen LogP contribution in [0, 0.1) is 7.14 Å². The Morgan fingerprint density at radius 3 is 1.51 bits per heavy atom. The Kier molecular flexibility index (Phi) is 11.7. The number of benzene rings is 2. The number of likely N-dealkylation sites (tertiary alicyclic amines) is 1. The van der Waals surface area contributed by atoms with E-state index in [4.69, 9.17) is 5.11 Å². The molecule has 0 aromatic heterocycles. The van der Waals surface area contributed by atoms with Gasteiger partial charge in [0.05, 0.1) is 5.56 Å². The zero-order chi connectivity index (χ0) is 26.1. The first kappa shape index (κ1) is 29.7. The van der Waals surface area contributed by atoms with E-state index in [1.54, 1.807) is 36.4 Å². The molecule has 2 saturated heterocycles. The summed E-state index contributed by atoms with van der Waals surface area (Å²) in [6.45, 7) is 1.20. The van der Waals surface area contributed by atoms with E-state index in [9.17, 15) is 27.2 Å². The third kappa shape index (κ3) is 11.0. The van der Waals surface area contributed by atoms with Crippen LogP contribution in [0.4, 0.5) is 17.6 Å². The Labute approximate surface area is 228 Å². The van der Waals surface area contributed by atoms with E-state index in [0.717, 1.165) is 7.14 Å². The molecule has 0 radical (unpaired) electrons. The van der Waals surface area contributed by atoms with Gasteiger partial charge in [-0.2, -0.15) is 0 Å². The SMILES string of the molecule is FC1(F)CCNCC1.O=C(O)c1ccc(I)cc1.O=C(c1ccc(I)cc1)N1CCC(F)(F)CC1. The molecule has 0 aliphatic carbocycles. The normalized spacial score (nSPS) is 18.3. The number of alkyl halides is 4. The summed E-state index contributed by atoms with van der Waals surface area (Å²) in [5, 5.41) is 11.3. The highest BCUT2D eigenvalue weighted by Crippen LogP contribution is 2.28. The standard InChI is InChI=1S/C12H12F2INO.C7H5IO2.C5H9F2N/c13-12(14)5-7-16(8-6-12)11(17)9-1-3-10(15)4-2-9;8-6-3-1-5(2-4-6)7(9)10;6-5(7)1-3-8-4-2-5/h1-4H,5-8H2;1-4H,(H,9,10);8H,1-4H2. The lowest BCUT2D eigenvalue weighted by molar-refractivity contribution is -0.0494. The average molecular weight is 720 g/mol. The van der Waals surface area contributed by atoms with Gasteiger partial charge in [0.15, 0.2) is 0 Å². The number of carboxylic acids is 1. The van der Waals surface area contributed by atoms with Crippen LogP contribution in [-0.4, -0.2) is 59.9 Å². The molecule has 2 N–H and O–H groups in total. The molecule has 2 fully saturated rings. The van der Waals surface area contributed by atoms with E-state index in [-0.39, 0.29) is 44.7 Å². The minimum atomic E-state index is -2.61. The van der Waals surface area contributed by atoms with E-state index in [2.05, 4.69) is 50.5 Å². The fourth-order valence-corrected chi connectivity index (χ4v) is 3.92. The molecule has 0 spiro atoms. The molecule has 2 aliphatic heterocycles. The molecule has 2 aromatic rings. The third-order valence-corrected chi connectivity index (χ3v) is 6.74. The monoisotopic (exact) mass is 720 g/mol. The molecule has 4 rings (SSSR count). The van der Waals surface area contributed by atoms with E-state index in [0.29, 0.717) is 24.2 Å². The predicted molar refractivity (Wildman–Crippen MR) is 142 cm³/mol. The minimum absolute atomic E-state index is 0.00694. The third-order valence-electron chi connectivity index (χ3n) is 5.30. The molecule has 192 valence electrons. The number of nitrogens with one attached hydrogen (secondary N) is 1. The Hall–Kier alpha value is -1.48. The van der Waals surface area contributed by atoms with E-state index >= 15 is 0 Å². The predicted octanol–water partition coefficient (Wildman–Crippen LogP) is 6.16. The lowest BCUT2D eigenvalue weighted by Crippen LogP contribution is -2.42. The lowest BCUT2D eigenvalue weighted by atomic mass is 10.1. The van der Waals surface area contributed by atoms with Crippen molar-refractivity contribution in [1.29, 1.82) is 0 Å². The van der Waals surface area contributed by atoms with Crippen molar-refractivity contribution in [1.82, 2.24) is 10.2 Å². The number of carbonyl (C=O) groups excluding carboxylic acids is 1. The van der Waals surface area contributed by atoms with Crippen LogP contribution in [-0.2, 0) is 0 Å². The number of carboxylic acid groups (broad SMARTS) is 1. The van der Waals surface area contributed by atoms with Crippen LogP contribution in [0.25, 0.3) is 0 Å². The van der Waals surface area contributed by atoms with Crippen molar-refractivity contribution in [3.63, 3.8) is 0 Å². The summed E-state index contributed by atoms with van der Waals surface area (Å²) in [5.41, 5.74) is 0.899. The molecule has 0 bridgehead atoms. The van der Waals surface area contributed by atoms with Crippen molar-refractivity contribution >= 4 is 57.1 Å². The summed E-state index contributed by atoms with van der Waals surface area (Å²) in [6.07, 6.45) is -0.452. The van der Waals surface area contributed by atoms with E-state index in [1.165, 1.54) is 4.90 Å². The van der Waals surface area contributed by atoms with Gasteiger partial charge in [-0.25, -0.2) is 22.4 Å². The summed E-state index contributed by atoms with van der Waals surface area (Å²) < 4.78 is 52.3. The first-order valence-electron chi connectivity index (χ1n) is 10.9. The summed E-state index contributed by atoms with van der Waals surface area (Å²) in [4.78, 5) is 23.8. The van der Waals surface area contributed by atoms with Gasteiger partial charge in [0.1, 0.15) is 0 Å². The zero-order valence-corrected chi connectivity index (χ0v) is 23.1. The molecule has 0 atom stereocenters. The minimum Gasteiger partial charge on any atom is -0.478 e. The molecular formula is C24H26F4I2N2O3. The lowest BCUT2D eigenvalue weighted by Gasteiger charge is -2.31. The van der Waals surface area contributed by atoms with Crippen LogP contribution >= 0.6 is 45.2 Å². The van der Waals surface area contributed by atoms with Crippen molar-refractivity contribution in [2.24, 2.45) is 0 Å². The van der Waals surface area contributed by atoms with Gasteiger partial charge in [-0.3, -0.25) is 4.79 Å². The molecule has 0 unspecified atom stereocenters. The summed E-state index contributed by atoms with van der Waals surface area (Å²) in [6, 6.07) is 13.9. The van der Waals surface area contributed by atoms with Crippen molar-refractivity contribution in [2.45, 2.75) is 37.5 Å². The first-order chi connectivity index (χ1) is 16.4. The summed E-state index contributed by atoms with van der Waals surface area (Å²) in [5.74, 6) is -6.03. The Morgan fingerprint density at radius 2 is 1.14 bits per heavy atom. The quantitative estimate of drug-likeness (QED) is 0.289. The Bertz CT molecular complexity index is 956. The molecule has 2 aromatic carbocycles. The fraction of sp³-hybridized carbons (Fsp3) is 0.417. The maximum Gasteiger partial charge on any atom is 0.335 e. The number of halogens is 6. The highest BCUT2D eigenvalue weighted by Gasteiger charge is 2.35. The maximum atomic E-state index is 13.0. The molecule has 5 nitrogen and oxygen atoms in total. The number of nitrogens with zero attached hydrogens (tertiary/aromatic N) is 1. The summed E-state index contributed by atoms with van der Waals surface area (Å²) in [7, 11) is 0. The number of amides is 1. The van der Waals surface area contributed by atoms with Crippen molar-refractivity contribution < 1.29 is 32.3 Å². The largest absolute Gasteiger partial charge is 0.478 e. The smallest absolute Gasteiger partial charge is 0.335 e. The van der Waals surface area contributed by atoms with Crippen LogP contribution in [0.15, 0.2) is 48.5 Å². The number of carbonyl (C=O) groups is 2. The van der Waals surface area contributed by atoms with Gasteiger partial charge in [-0.1, -0.05) is 0 Å². The van der Waals surface area contributed by atoms with Gasteiger partial charge in [0, 0.05) is 64.6 Å². The second kappa shape index (κ2) is 13.7. The Balaban J connectivity index is 0.000000204. The second-order valence-corrected chi connectivity index (χ2v) is 10.6. The van der Waals surface area contributed by atoms with Gasteiger partial charge in [-0.15, -0.1) is 0 Å². The van der Waals surface area contributed by atoms with Gasteiger partial charge in [0.2, 0.25) is 0 Å². The Morgan fingerprint density at radius 1 is 0.743 bits per heavy atom. The van der Waals surface area contributed by atoms with Gasteiger partial charge in [-0.05, 0) is 93.7 Å². The van der Waals surface area contributed by atoms with Crippen LogP contribution < -0.4 is 5.32 Å². The van der Waals surface area contributed by atoms with E-state index in [1.807, 2.05) is 12.1 Å². The van der Waals surface area contributed by atoms with Gasteiger partial charge in [0.25, 0.3) is 17.8 Å². The van der Waals surface area contributed by atoms with Crippen molar-refractivity contribution in [3.05, 3.63) is 66.8 Å². The van der Waals surface area contributed by atoms with Crippen LogP contribution in [0.3, 0.4) is 0 Å². The molecular weight excluding hydrogens is 694 g/mol. The molecule has 11 heteroatoms. The highest BCUT2D eigenvalue weighted by atomic mass is 127. The first-order valence-corrected chi connectivity index (χ1v) is 13.0. The maximum absolute atomic E-state index is 13.0. The summed E-state index contributed by atoms with van der Waals surface area (Å²) >= 11 is 4.28. The molecule has 2 heterocycles. The van der Waals surface area contributed by atoms with Gasteiger partial charge >= 0.3 is 5.97 Å². The number of hydrogen-bond donors (Lipinski definition) is 2. The van der Waals surface area contributed by atoms with Gasteiger partial charge < -0.3 is 15.3 Å². The average Bonchev–Trinajstić information content (AvgIpc) is 2.80. The number of aromatic carboxylic acids is 1. The van der Waals surface area contributed by atoms with Crippen LogP contribution in [0.2, 0.25) is 0 Å². The molecule has 35 heavy (non-hydrogen) atoms. The fourth-order valence-electron chi connectivity index (χ4n) is 3.20. The van der Waals surface area contributed by atoms with E-state index < -0.39 is 17.8 Å². The van der Waals surface area contributed by atoms with Crippen LogP contribution in [0.1, 0.15) is 46.4 Å². The molecule has 2 aliphatic rings. The van der Waals surface area contributed by atoms with Crippen LogP contribution in [0.5, 0.6) is 0 Å². The topological polar surface area (TPSA) is 69.6 Å². The van der Waals surface area contributed by atoms with Crippen molar-refractivity contribution in [2.75, 3.05) is 26.2 Å². The number of hydrogen-bond acceptors (Lipinski definition) is 3. The number of piperidine rings is 2. The van der Waals surface area contributed by atoms with Crippen molar-refractivity contribution in [3.8, 4) is 0 Å².